The predicted molar refractivity (Wildman–Crippen MR) is 65.7 cm³/mol. The van der Waals surface area contributed by atoms with Crippen molar-refractivity contribution < 1.29 is 9.48 Å². The first-order valence-electron chi connectivity index (χ1n) is 5.49. The van der Waals surface area contributed by atoms with E-state index in [1.54, 1.807) is 13.3 Å². The van der Waals surface area contributed by atoms with E-state index in [1.165, 1.54) is 0 Å². The van der Waals surface area contributed by atoms with Gasteiger partial charge in [-0.25, -0.2) is 4.74 Å². The molecule has 1 unspecified atom stereocenters. The Hall–Kier alpha value is -1.35. The molecule has 0 saturated heterocycles. The molecule has 1 aromatic carbocycles. The first-order valence-corrected chi connectivity index (χ1v) is 5.49. The van der Waals surface area contributed by atoms with E-state index in [9.17, 15) is 5.21 Å². The quantitative estimate of drug-likeness (QED) is 0.331. The molecule has 0 radical (unpaired) electrons. The van der Waals surface area contributed by atoms with Crippen LogP contribution in [0.1, 0.15) is 19.4 Å². The molecule has 0 spiro atoms. The zero-order valence-electron chi connectivity index (χ0n) is 10.1. The van der Waals surface area contributed by atoms with Crippen LogP contribution in [0, 0.1) is 11.1 Å². The van der Waals surface area contributed by atoms with E-state index in [0.29, 0.717) is 6.61 Å². The van der Waals surface area contributed by atoms with Gasteiger partial charge in [-0.2, -0.15) is 0 Å². The molecule has 1 atom stereocenters. The Kier molecular flexibility index (Phi) is 4.99. The van der Waals surface area contributed by atoms with Gasteiger partial charge in [-0.15, -0.1) is 0 Å². The largest absolute Gasteiger partial charge is 0.624 e. The van der Waals surface area contributed by atoms with Crippen LogP contribution in [0.2, 0.25) is 0 Å². The maximum atomic E-state index is 11.9. The Bertz CT molecular complexity index is 333. The lowest BCUT2D eigenvalue weighted by Gasteiger charge is -2.19. The number of benzene rings is 1. The lowest BCUT2D eigenvalue weighted by molar-refractivity contribution is -0.509. The minimum atomic E-state index is -0.134. The van der Waals surface area contributed by atoms with E-state index in [-0.39, 0.29) is 12.0 Å². The highest BCUT2D eigenvalue weighted by molar-refractivity contribution is 5.75. The Morgan fingerprint density at radius 1 is 1.31 bits per heavy atom. The fourth-order valence-electron chi connectivity index (χ4n) is 1.51. The third kappa shape index (κ3) is 3.66. The normalized spacial score (nSPS) is 14.1. The van der Waals surface area contributed by atoms with Crippen molar-refractivity contribution in [2.75, 3.05) is 13.7 Å². The maximum absolute atomic E-state index is 11.9. The highest BCUT2D eigenvalue weighted by Gasteiger charge is 2.20. The van der Waals surface area contributed by atoms with Crippen molar-refractivity contribution in [3.63, 3.8) is 0 Å². The van der Waals surface area contributed by atoms with Gasteiger partial charge in [0.15, 0.2) is 12.3 Å². The number of nitrogens with zero attached hydrogens (tertiary/aromatic N) is 1. The fraction of sp³-hybridized carbons (Fsp3) is 0.462. The van der Waals surface area contributed by atoms with Gasteiger partial charge >= 0.3 is 0 Å². The van der Waals surface area contributed by atoms with Gasteiger partial charge in [-0.1, -0.05) is 32.0 Å². The monoisotopic (exact) mass is 221 g/mol. The van der Waals surface area contributed by atoms with Crippen LogP contribution in [0.4, 0.5) is 0 Å². The number of ether oxygens (including phenoxy) is 1. The van der Waals surface area contributed by atoms with Gasteiger partial charge in [0.1, 0.15) is 6.61 Å². The van der Waals surface area contributed by atoms with Crippen LogP contribution < -0.4 is 0 Å². The summed E-state index contributed by atoms with van der Waals surface area (Å²) >= 11 is 0. The van der Waals surface area contributed by atoms with Gasteiger partial charge in [0.2, 0.25) is 0 Å². The highest BCUT2D eigenvalue weighted by Crippen LogP contribution is 2.06. The van der Waals surface area contributed by atoms with Gasteiger partial charge in [-0.05, 0) is 12.1 Å². The smallest absolute Gasteiger partial charge is 0.188 e. The van der Waals surface area contributed by atoms with Gasteiger partial charge in [-0.3, -0.25) is 0 Å². The molecule has 0 aromatic heterocycles. The zero-order valence-corrected chi connectivity index (χ0v) is 10.1. The second-order valence-electron chi connectivity index (χ2n) is 4.17. The van der Waals surface area contributed by atoms with Gasteiger partial charge in [0.25, 0.3) is 0 Å². The summed E-state index contributed by atoms with van der Waals surface area (Å²) in [7, 11) is 1.62. The molecule has 0 aliphatic carbocycles. The van der Waals surface area contributed by atoms with Crippen molar-refractivity contribution in [3.8, 4) is 0 Å². The highest BCUT2D eigenvalue weighted by atomic mass is 16.5. The molecule has 0 aliphatic heterocycles. The van der Waals surface area contributed by atoms with Crippen LogP contribution in [0.3, 0.4) is 0 Å². The SMILES string of the molecule is COCC(C(C)C)/[N+]([O-])=C/c1ccccc1. The second kappa shape index (κ2) is 6.28. The summed E-state index contributed by atoms with van der Waals surface area (Å²) in [4.78, 5) is 0. The molecule has 3 nitrogen and oxygen atoms in total. The fourth-order valence-corrected chi connectivity index (χ4v) is 1.51. The number of hydrogen-bond acceptors (Lipinski definition) is 2. The van der Waals surface area contributed by atoms with Crippen molar-refractivity contribution in [3.05, 3.63) is 41.1 Å². The summed E-state index contributed by atoms with van der Waals surface area (Å²) in [5.74, 6) is 0.261. The van der Waals surface area contributed by atoms with Crippen molar-refractivity contribution in [2.45, 2.75) is 19.9 Å². The van der Waals surface area contributed by atoms with Crippen molar-refractivity contribution >= 4 is 6.21 Å². The van der Waals surface area contributed by atoms with E-state index in [2.05, 4.69) is 0 Å². The van der Waals surface area contributed by atoms with Crippen molar-refractivity contribution in [1.82, 2.24) is 0 Å². The van der Waals surface area contributed by atoms with Crippen LogP contribution >= 0.6 is 0 Å². The van der Waals surface area contributed by atoms with Gasteiger partial charge < -0.3 is 9.94 Å². The van der Waals surface area contributed by atoms with Crippen LogP contribution in [0.25, 0.3) is 0 Å². The molecular formula is C13H19NO2. The van der Waals surface area contributed by atoms with E-state index in [4.69, 9.17) is 4.74 Å². The summed E-state index contributed by atoms with van der Waals surface area (Å²) in [5.41, 5.74) is 0.916. The molecule has 0 amide bonds. The molecule has 3 heteroatoms. The molecular weight excluding hydrogens is 202 g/mol. The first kappa shape index (κ1) is 12.7. The average Bonchev–Trinajstić information content (AvgIpc) is 2.26. The number of rotatable bonds is 5. The molecule has 0 saturated carbocycles. The minimum Gasteiger partial charge on any atom is -0.624 e. The standard InChI is InChI=1S/C13H19NO2/c1-11(2)13(10-16-3)14(15)9-12-7-5-4-6-8-12/h4-9,11,13H,10H2,1-3H3/b14-9-. The summed E-state index contributed by atoms with van der Waals surface area (Å²) in [6.07, 6.45) is 1.61. The lowest BCUT2D eigenvalue weighted by Crippen LogP contribution is -2.32. The Labute approximate surface area is 97.0 Å². The molecule has 1 rings (SSSR count). The third-order valence-electron chi connectivity index (χ3n) is 2.51. The summed E-state index contributed by atoms with van der Waals surface area (Å²) < 4.78 is 6.05. The maximum Gasteiger partial charge on any atom is 0.188 e. The predicted octanol–water partition coefficient (Wildman–Crippen LogP) is 2.29. The van der Waals surface area contributed by atoms with E-state index < -0.39 is 0 Å². The number of methoxy groups -OCH3 is 1. The van der Waals surface area contributed by atoms with Crippen LogP contribution in [-0.2, 0) is 4.74 Å². The van der Waals surface area contributed by atoms with Crippen LogP contribution in [0.15, 0.2) is 30.3 Å². The average molecular weight is 221 g/mol. The van der Waals surface area contributed by atoms with Crippen molar-refractivity contribution in [2.24, 2.45) is 5.92 Å². The van der Waals surface area contributed by atoms with E-state index >= 15 is 0 Å². The van der Waals surface area contributed by atoms with Crippen molar-refractivity contribution in [1.29, 1.82) is 0 Å². The number of hydroxylamine groups is 1. The zero-order chi connectivity index (χ0) is 12.0. The number of hydrogen-bond donors (Lipinski definition) is 0. The summed E-state index contributed by atoms with van der Waals surface area (Å²) in [6.45, 7) is 4.49. The first-order chi connectivity index (χ1) is 7.65. The van der Waals surface area contributed by atoms with Crippen LogP contribution in [-0.4, -0.2) is 30.7 Å². The van der Waals surface area contributed by atoms with Gasteiger partial charge in [0, 0.05) is 18.6 Å². The molecule has 0 aliphatic rings. The molecule has 0 fully saturated rings. The molecule has 0 N–H and O–H groups in total. The van der Waals surface area contributed by atoms with E-state index in [0.717, 1.165) is 10.3 Å². The Morgan fingerprint density at radius 2 is 1.94 bits per heavy atom. The summed E-state index contributed by atoms with van der Waals surface area (Å²) in [5, 5.41) is 11.9. The molecule has 88 valence electrons. The molecule has 0 bridgehead atoms. The topological polar surface area (TPSA) is 35.3 Å². The summed E-state index contributed by atoms with van der Waals surface area (Å²) in [6, 6.07) is 9.46. The second-order valence-corrected chi connectivity index (χ2v) is 4.17. The Balaban J connectivity index is 2.81. The lowest BCUT2D eigenvalue weighted by atomic mass is 10.1. The molecule has 1 aromatic rings. The molecule has 0 heterocycles. The minimum absolute atomic E-state index is 0.134. The third-order valence-corrected chi connectivity index (χ3v) is 2.51. The Morgan fingerprint density at radius 3 is 2.44 bits per heavy atom. The van der Waals surface area contributed by atoms with Gasteiger partial charge in [0.05, 0.1) is 0 Å². The molecule has 16 heavy (non-hydrogen) atoms. The van der Waals surface area contributed by atoms with Crippen LogP contribution in [0.5, 0.6) is 0 Å². The van der Waals surface area contributed by atoms with E-state index in [1.807, 2.05) is 44.2 Å².